The summed E-state index contributed by atoms with van der Waals surface area (Å²) in [5, 5.41) is 1.79. The summed E-state index contributed by atoms with van der Waals surface area (Å²) in [5.41, 5.74) is 6.78. The van der Waals surface area contributed by atoms with Gasteiger partial charge in [-0.05, 0) is 38.3 Å². The van der Waals surface area contributed by atoms with Crippen LogP contribution in [0, 0.1) is 13.8 Å². The molecule has 2 atom stereocenters. The minimum absolute atomic E-state index is 0.133. The molecule has 5 heterocycles. The van der Waals surface area contributed by atoms with Crippen molar-refractivity contribution in [3.8, 4) is 5.82 Å². The zero-order valence-corrected chi connectivity index (χ0v) is 21.2. The number of thiazole rings is 1. The summed E-state index contributed by atoms with van der Waals surface area (Å²) in [7, 11) is 0. The van der Waals surface area contributed by atoms with Crippen LogP contribution in [0.2, 0.25) is 0 Å². The minimum atomic E-state index is -4.42. The predicted octanol–water partition coefficient (Wildman–Crippen LogP) is 5.15. The maximum atomic E-state index is 13.1. The highest BCUT2D eigenvalue weighted by Crippen LogP contribution is 2.41. The van der Waals surface area contributed by atoms with Gasteiger partial charge in [-0.1, -0.05) is 0 Å². The largest absolute Gasteiger partial charge is 0.420 e. The monoisotopic (exact) mass is 538 g/mol. The number of fused-ring (bicyclic) bond motifs is 1. The number of rotatable bonds is 4. The van der Waals surface area contributed by atoms with Gasteiger partial charge >= 0.3 is 6.18 Å². The molecule has 4 aromatic heterocycles. The quantitative estimate of drug-likeness (QED) is 0.332. The number of pyridine rings is 1. The standard InChI is InChI=1S/C26H21F3N6O2S/c1-13-14(2)32-25-23(31-13)22(17-7-18(8-17)26(27,28)29)33-24(34-25)15-5-6-37-19(9-15)16-3-4-21(36)35(10-16)20-11-38-12-30-20/h3-4,10-12,15,19H,5-7,9H2,1-2H3/t15?,19-/m1/s1. The Labute approximate surface area is 218 Å². The fourth-order valence-corrected chi connectivity index (χ4v) is 5.16. The fraction of sp³-hybridized carbons (Fsp3) is 0.346. The van der Waals surface area contributed by atoms with Crippen molar-refractivity contribution in [1.82, 2.24) is 29.5 Å². The third-order valence-electron chi connectivity index (χ3n) is 6.86. The maximum absolute atomic E-state index is 13.1. The van der Waals surface area contributed by atoms with E-state index in [0.29, 0.717) is 64.9 Å². The van der Waals surface area contributed by atoms with E-state index in [9.17, 15) is 18.0 Å². The summed E-state index contributed by atoms with van der Waals surface area (Å²) in [6.07, 6.45) is -2.13. The molecule has 6 rings (SSSR count). The van der Waals surface area contributed by atoms with Crippen LogP contribution in [0.4, 0.5) is 13.2 Å². The summed E-state index contributed by atoms with van der Waals surface area (Å²) in [6.45, 7) is 4.04. The van der Waals surface area contributed by atoms with Crippen LogP contribution in [0.5, 0.6) is 0 Å². The van der Waals surface area contributed by atoms with Gasteiger partial charge in [0.15, 0.2) is 11.5 Å². The molecular formula is C26H21F3N6O2S. The Morgan fingerprint density at radius 1 is 1.13 bits per heavy atom. The number of aromatic nitrogens is 6. The summed E-state index contributed by atoms with van der Waals surface area (Å²) in [6, 6.07) is 3.23. The zero-order valence-electron chi connectivity index (χ0n) is 20.4. The van der Waals surface area contributed by atoms with E-state index in [0.717, 1.165) is 5.56 Å². The van der Waals surface area contributed by atoms with Gasteiger partial charge in [-0.25, -0.2) is 24.9 Å². The average Bonchev–Trinajstić information content (AvgIpc) is 3.38. The second-order valence-corrected chi connectivity index (χ2v) is 10.1. The lowest BCUT2D eigenvalue weighted by Crippen LogP contribution is -2.24. The smallest absolute Gasteiger partial charge is 0.373 e. The lowest BCUT2D eigenvalue weighted by molar-refractivity contribution is -0.0934. The Kier molecular flexibility index (Phi) is 5.97. The van der Waals surface area contributed by atoms with Crippen LogP contribution in [-0.2, 0) is 4.74 Å². The molecule has 0 bridgehead atoms. The van der Waals surface area contributed by atoms with E-state index in [1.165, 1.54) is 22.0 Å². The van der Waals surface area contributed by atoms with Gasteiger partial charge in [-0.15, -0.1) is 17.1 Å². The van der Waals surface area contributed by atoms with Gasteiger partial charge in [0, 0.05) is 42.2 Å². The molecule has 1 aliphatic carbocycles. The van der Waals surface area contributed by atoms with Crippen molar-refractivity contribution < 1.29 is 17.9 Å². The van der Waals surface area contributed by atoms with Crippen LogP contribution in [0.3, 0.4) is 0 Å². The number of alkyl halides is 3. The van der Waals surface area contributed by atoms with E-state index in [1.54, 1.807) is 30.1 Å². The van der Waals surface area contributed by atoms with E-state index >= 15 is 0 Å². The second-order valence-electron chi connectivity index (χ2n) is 9.35. The van der Waals surface area contributed by atoms with E-state index in [4.69, 9.17) is 14.7 Å². The second kappa shape index (κ2) is 9.23. The molecular weight excluding hydrogens is 517 g/mol. The lowest BCUT2D eigenvalue weighted by atomic mass is 9.90. The fourth-order valence-electron chi connectivity index (χ4n) is 4.64. The van der Waals surface area contributed by atoms with Gasteiger partial charge in [0.25, 0.3) is 5.56 Å². The maximum Gasteiger partial charge on any atom is 0.420 e. The number of ether oxygens (including phenoxy) is 1. The van der Waals surface area contributed by atoms with Crippen molar-refractivity contribution in [3.63, 3.8) is 0 Å². The van der Waals surface area contributed by atoms with Crippen molar-refractivity contribution in [1.29, 1.82) is 0 Å². The molecule has 0 radical (unpaired) electrons. The van der Waals surface area contributed by atoms with Crippen LogP contribution < -0.4 is 5.56 Å². The van der Waals surface area contributed by atoms with Crippen LogP contribution >= 0.6 is 11.3 Å². The van der Waals surface area contributed by atoms with Gasteiger partial charge in [-0.3, -0.25) is 9.36 Å². The van der Waals surface area contributed by atoms with Crippen LogP contribution in [0.1, 0.15) is 59.8 Å². The van der Waals surface area contributed by atoms with Crippen LogP contribution in [0.15, 0.2) is 45.3 Å². The lowest BCUT2D eigenvalue weighted by Gasteiger charge is -2.29. The van der Waals surface area contributed by atoms with E-state index in [-0.39, 0.29) is 24.0 Å². The molecule has 0 saturated carbocycles. The molecule has 1 saturated heterocycles. The number of hydrogen-bond donors (Lipinski definition) is 0. The third kappa shape index (κ3) is 4.44. The van der Waals surface area contributed by atoms with Gasteiger partial charge in [-0.2, -0.15) is 13.2 Å². The van der Waals surface area contributed by atoms with E-state index in [1.807, 2.05) is 6.92 Å². The molecule has 1 unspecified atom stereocenters. The van der Waals surface area contributed by atoms with E-state index in [2.05, 4.69) is 20.7 Å². The Bertz CT molecular complexity index is 1690. The topological polar surface area (TPSA) is 95.7 Å². The molecule has 0 spiro atoms. The van der Waals surface area contributed by atoms with Crippen LogP contribution in [0.25, 0.3) is 22.6 Å². The Morgan fingerprint density at radius 3 is 2.66 bits per heavy atom. The normalized spacial score (nSPS) is 19.7. The van der Waals surface area contributed by atoms with Crippen molar-refractivity contribution in [2.24, 2.45) is 0 Å². The van der Waals surface area contributed by atoms with Gasteiger partial charge in [0.05, 0.1) is 28.6 Å². The molecule has 2 aliphatic rings. The molecule has 0 amide bonds. The van der Waals surface area contributed by atoms with Crippen molar-refractivity contribution in [2.75, 3.05) is 6.61 Å². The SMILES string of the molecule is Cc1nc2nc(C3CCO[C@@H](c4ccc(=O)n(-c5cscn5)c4)C3)nc(C3=C=C(C(F)(F)F)C3)c2nc1C. The zero-order chi connectivity index (χ0) is 26.6. The Hall–Kier alpha value is -3.73. The summed E-state index contributed by atoms with van der Waals surface area (Å²) in [4.78, 5) is 35.2. The van der Waals surface area contributed by atoms with Gasteiger partial charge in [0.2, 0.25) is 0 Å². The highest BCUT2D eigenvalue weighted by molar-refractivity contribution is 7.07. The molecule has 1 aliphatic heterocycles. The third-order valence-corrected chi connectivity index (χ3v) is 7.44. The molecule has 4 aromatic rings. The summed E-state index contributed by atoms with van der Waals surface area (Å²) >= 11 is 1.40. The number of allylic oxidation sites excluding steroid dienone is 1. The molecule has 1 fully saturated rings. The Morgan fingerprint density at radius 2 is 1.92 bits per heavy atom. The van der Waals surface area contributed by atoms with E-state index < -0.39 is 11.7 Å². The van der Waals surface area contributed by atoms with Crippen molar-refractivity contribution in [2.45, 2.75) is 51.3 Å². The van der Waals surface area contributed by atoms with Gasteiger partial charge < -0.3 is 4.74 Å². The number of hydrogen-bond acceptors (Lipinski definition) is 8. The number of halogens is 3. The molecule has 0 N–H and O–H groups in total. The number of nitrogens with zero attached hydrogens (tertiary/aromatic N) is 6. The van der Waals surface area contributed by atoms with Crippen molar-refractivity contribution >= 4 is 28.1 Å². The summed E-state index contributed by atoms with van der Waals surface area (Å²) < 4.78 is 46.9. The first-order valence-electron chi connectivity index (χ1n) is 12.0. The first-order valence-corrected chi connectivity index (χ1v) is 12.9. The summed E-state index contributed by atoms with van der Waals surface area (Å²) in [5.74, 6) is 0.897. The minimum Gasteiger partial charge on any atom is -0.373 e. The molecule has 0 aromatic carbocycles. The molecule has 8 nitrogen and oxygen atoms in total. The van der Waals surface area contributed by atoms with Crippen LogP contribution in [-0.4, -0.2) is 42.3 Å². The Balaban J connectivity index is 1.39. The average molecular weight is 539 g/mol. The first kappa shape index (κ1) is 24.6. The predicted molar refractivity (Wildman–Crippen MR) is 134 cm³/mol. The molecule has 12 heteroatoms. The molecule has 38 heavy (non-hydrogen) atoms. The molecule has 194 valence electrons. The van der Waals surface area contributed by atoms with Gasteiger partial charge in [0.1, 0.15) is 17.0 Å². The highest BCUT2D eigenvalue weighted by atomic mass is 32.1. The number of aryl methyl sites for hydroxylation is 2. The van der Waals surface area contributed by atoms with Crippen molar-refractivity contribution in [3.05, 3.63) is 79.3 Å². The highest BCUT2D eigenvalue weighted by Gasteiger charge is 2.39. The first-order chi connectivity index (χ1) is 18.2.